The highest BCUT2D eigenvalue weighted by Gasteiger charge is 2.20. The Labute approximate surface area is 183 Å². The van der Waals surface area contributed by atoms with E-state index in [1.165, 1.54) is 17.7 Å². The minimum absolute atomic E-state index is 0.134. The molecule has 6 heteroatoms. The van der Waals surface area contributed by atoms with E-state index in [-0.39, 0.29) is 5.91 Å². The zero-order valence-electron chi connectivity index (χ0n) is 18.6. The molecule has 6 nitrogen and oxygen atoms in total. The first-order valence-corrected chi connectivity index (χ1v) is 11.1. The SMILES string of the molecule is CCN(CC)CCOc1cc(NC(=O)c2cccc3c4c([nH]c23)CCC4)ccc1OC. The largest absolute Gasteiger partial charge is 0.493 e. The van der Waals surface area contributed by atoms with E-state index in [0.29, 0.717) is 29.4 Å². The molecule has 0 saturated heterocycles. The van der Waals surface area contributed by atoms with Crippen molar-refractivity contribution in [3.8, 4) is 11.5 Å². The Kier molecular flexibility index (Phi) is 6.47. The lowest BCUT2D eigenvalue weighted by Crippen LogP contribution is -2.28. The predicted molar refractivity (Wildman–Crippen MR) is 125 cm³/mol. The fourth-order valence-corrected chi connectivity index (χ4v) is 4.35. The summed E-state index contributed by atoms with van der Waals surface area (Å²) < 4.78 is 11.4. The van der Waals surface area contributed by atoms with Crippen molar-refractivity contribution >= 4 is 22.5 Å². The maximum atomic E-state index is 13.1. The second kappa shape index (κ2) is 9.43. The number of para-hydroxylation sites is 1. The van der Waals surface area contributed by atoms with Crippen LogP contribution in [-0.4, -0.2) is 49.1 Å². The van der Waals surface area contributed by atoms with Crippen LogP contribution in [0.5, 0.6) is 11.5 Å². The number of aromatic nitrogens is 1. The van der Waals surface area contributed by atoms with E-state index in [2.05, 4.69) is 35.1 Å². The summed E-state index contributed by atoms with van der Waals surface area (Å²) in [4.78, 5) is 18.9. The van der Waals surface area contributed by atoms with Crippen molar-refractivity contribution in [2.45, 2.75) is 33.1 Å². The highest BCUT2D eigenvalue weighted by atomic mass is 16.5. The van der Waals surface area contributed by atoms with Gasteiger partial charge < -0.3 is 24.7 Å². The first-order chi connectivity index (χ1) is 15.1. The van der Waals surface area contributed by atoms with Gasteiger partial charge in [-0.1, -0.05) is 26.0 Å². The van der Waals surface area contributed by atoms with Crippen LogP contribution < -0.4 is 14.8 Å². The highest BCUT2D eigenvalue weighted by Crippen LogP contribution is 2.33. The molecule has 0 unspecified atom stereocenters. The molecule has 1 aliphatic rings. The van der Waals surface area contributed by atoms with Gasteiger partial charge >= 0.3 is 0 Å². The van der Waals surface area contributed by atoms with E-state index in [1.54, 1.807) is 7.11 Å². The molecular weight excluding hydrogens is 390 g/mol. The van der Waals surface area contributed by atoms with Gasteiger partial charge in [-0.3, -0.25) is 4.79 Å². The minimum atomic E-state index is -0.134. The van der Waals surface area contributed by atoms with E-state index < -0.39 is 0 Å². The van der Waals surface area contributed by atoms with Crippen LogP contribution in [0.3, 0.4) is 0 Å². The zero-order valence-corrected chi connectivity index (χ0v) is 18.6. The smallest absolute Gasteiger partial charge is 0.257 e. The number of nitrogens with zero attached hydrogens (tertiary/aromatic N) is 1. The van der Waals surface area contributed by atoms with Gasteiger partial charge in [0.2, 0.25) is 0 Å². The average molecular weight is 422 g/mol. The van der Waals surface area contributed by atoms with Crippen LogP contribution in [0.4, 0.5) is 5.69 Å². The molecule has 2 N–H and O–H groups in total. The van der Waals surface area contributed by atoms with Gasteiger partial charge in [0, 0.05) is 29.4 Å². The molecule has 1 aromatic heterocycles. The highest BCUT2D eigenvalue weighted by molar-refractivity contribution is 6.12. The van der Waals surface area contributed by atoms with E-state index in [9.17, 15) is 4.79 Å². The van der Waals surface area contributed by atoms with Crippen LogP contribution in [0.25, 0.3) is 10.9 Å². The summed E-state index contributed by atoms with van der Waals surface area (Å²) in [6.07, 6.45) is 3.31. The molecule has 0 fully saturated rings. The number of H-pyrrole nitrogens is 1. The number of aryl methyl sites for hydroxylation is 2. The summed E-state index contributed by atoms with van der Waals surface area (Å²) in [5, 5.41) is 4.19. The summed E-state index contributed by atoms with van der Waals surface area (Å²) in [6, 6.07) is 11.4. The standard InChI is InChI=1S/C25H31N3O3/c1-4-28(5-2)14-15-31-23-16-17(12-13-22(23)30-3)26-25(29)20-10-6-9-19-18-8-7-11-21(18)27-24(19)20/h6,9-10,12-13,16,27H,4-5,7-8,11,14-15H2,1-3H3,(H,26,29). The molecule has 1 heterocycles. The third kappa shape index (κ3) is 4.39. The number of hydrogen-bond donors (Lipinski definition) is 2. The number of hydrogen-bond acceptors (Lipinski definition) is 4. The third-order valence-corrected chi connectivity index (χ3v) is 6.11. The number of fused-ring (bicyclic) bond motifs is 3. The summed E-state index contributed by atoms with van der Waals surface area (Å²) in [7, 11) is 1.62. The second-order valence-electron chi connectivity index (χ2n) is 7.86. The first kappa shape index (κ1) is 21.2. The third-order valence-electron chi connectivity index (χ3n) is 6.11. The lowest BCUT2D eigenvalue weighted by atomic mass is 10.1. The summed E-state index contributed by atoms with van der Waals surface area (Å²) in [5.41, 5.74) is 4.89. The number of rotatable bonds is 9. The van der Waals surface area contributed by atoms with Crippen LogP contribution in [0.15, 0.2) is 36.4 Å². The summed E-state index contributed by atoms with van der Waals surface area (Å²) in [5.74, 6) is 1.15. The maximum absolute atomic E-state index is 13.1. The van der Waals surface area contributed by atoms with E-state index in [1.807, 2.05) is 30.3 Å². The fourth-order valence-electron chi connectivity index (χ4n) is 4.35. The van der Waals surface area contributed by atoms with E-state index in [4.69, 9.17) is 9.47 Å². The van der Waals surface area contributed by atoms with E-state index in [0.717, 1.165) is 43.4 Å². The van der Waals surface area contributed by atoms with Crippen molar-refractivity contribution in [3.05, 3.63) is 53.2 Å². The summed E-state index contributed by atoms with van der Waals surface area (Å²) in [6.45, 7) is 7.65. The van der Waals surface area contributed by atoms with Gasteiger partial charge in [0.15, 0.2) is 11.5 Å². The van der Waals surface area contributed by atoms with Crippen molar-refractivity contribution in [1.82, 2.24) is 9.88 Å². The maximum Gasteiger partial charge on any atom is 0.257 e. The monoisotopic (exact) mass is 421 g/mol. The average Bonchev–Trinajstić information content (AvgIpc) is 3.38. The Morgan fingerprint density at radius 1 is 1.13 bits per heavy atom. The number of benzene rings is 2. The second-order valence-corrected chi connectivity index (χ2v) is 7.86. The van der Waals surface area contributed by atoms with Gasteiger partial charge in [-0.15, -0.1) is 0 Å². The van der Waals surface area contributed by atoms with Crippen LogP contribution in [0, 0.1) is 0 Å². The van der Waals surface area contributed by atoms with Crippen LogP contribution >= 0.6 is 0 Å². The molecule has 0 atom stereocenters. The first-order valence-electron chi connectivity index (χ1n) is 11.1. The molecule has 4 rings (SSSR count). The molecule has 1 amide bonds. The van der Waals surface area contributed by atoms with Gasteiger partial charge in [-0.2, -0.15) is 0 Å². The van der Waals surface area contributed by atoms with Crippen LogP contribution in [0.2, 0.25) is 0 Å². The van der Waals surface area contributed by atoms with Crippen molar-refractivity contribution < 1.29 is 14.3 Å². The number of ether oxygens (including phenoxy) is 2. The van der Waals surface area contributed by atoms with Gasteiger partial charge in [-0.05, 0) is 56.1 Å². The number of aromatic amines is 1. The lowest BCUT2D eigenvalue weighted by Gasteiger charge is -2.19. The quantitative estimate of drug-likeness (QED) is 0.528. The van der Waals surface area contributed by atoms with Gasteiger partial charge in [-0.25, -0.2) is 0 Å². The van der Waals surface area contributed by atoms with Crippen molar-refractivity contribution in [3.63, 3.8) is 0 Å². The number of methoxy groups -OCH3 is 1. The van der Waals surface area contributed by atoms with Gasteiger partial charge in [0.1, 0.15) is 6.61 Å². The predicted octanol–water partition coefficient (Wildman–Crippen LogP) is 4.64. The number of carbonyl (C=O) groups excluding carboxylic acids is 1. The Balaban J connectivity index is 1.51. The topological polar surface area (TPSA) is 66.6 Å². The van der Waals surface area contributed by atoms with Crippen LogP contribution in [0.1, 0.15) is 41.9 Å². The van der Waals surface area contributed by atoms with Crippen molar-refractivity contribution in [2.24, 2.45) is 0 Å². The molecule has 31 heavy (non-hydrogen) atoms. The molecule has 3 aromatic rings. The number of likely N-dealkylation sites (N-methyl/N-ethyl adjacent to an activating group) is 1. The molecule has 0 aliphatic heterocycles. The van der Waals surface area contributed by atoms with Crippen LogP contribution in [-0.2, 0) is 12.8 Å². The zero-order chi connectivity index (χ0) is 21.8. The fraction of sp³-hybridized carbons (Fsp3) is 0.400. The molecule has 0 radical (unpaired) electrons. The van der Waals surface area contributed by atoms with Gasteiger partial charge in [0.25, 0.3) is 5.91 Å². The summed E-state index contributed by atoms with van der Waals surface area (Å²) >= 11 is 0. The van der Waals surface area contributed by atoms with Crippen molar-refractivity contribution in [1.29, 1.82) is 0 Å². The van der Waals surface area contributed by atoms with Gasteiger partial charge in [0.05, 0.1) is 18.2 Å². The molecule has 1 aliphatic carbocycles. The Bertz CT molecular complexity index is 1070. The minimum Gasteiger partial charge on any atom is -0.493 e. The van der Waals surface area contributed by atoms with Crippen molar-refractivity contribution in [2.75, 3.05) is 38.7 Å². The lowest BCUT2D eigenvalue weighted by molar-refractivity contribution is 0.102. The number of nitrogens with one attached hydrogen (secondary N) is 2. The Morgan fingerprint density at radius 3 is 2.74 bits per heavy atom. The molecular formula is C25H31N3O3. The molecule has 2 aromatic carbocycles. The van der Waals surface area contributed by atoms with E-state index >= 15 is 0 Å². The molecule has 0 spiro atoms. The Hall–Kier alpha value is -2.99. The molecule has 0 bridgehead atoms. The Morgan fingerprint density at radius 2 is 1.97 bits per heavy atom. The number of amides is 1. The normalized spacial score (nSPS) is 12.9. The molecule has 0 saturated carbocycles. The number of carbonyl (C=O) groups is 1. The number of anilines is 1. The molecule has 164 valence electrons.